The zero-order valence-corrected chi connectivity index (χ0v) is 13.1. The first kappa shape index (κ1) is 14.1. The van der Waals surface area contributed by atoms with Crippen LogP contribution >= 0.6 is 0 Å². The molecule has 0 amide bonds. The summed E-state index contributed by atoms with van der Waals surface area (Å²) >= 11 is 0. The van der Waals surface area contributed by atoms with Crippen LogP contribution in [0.5, 0.6) is 0 Å². The second kappa shape index (κ2) is 6.30. The van der Waals surface area contributed by atoms with E-state index in [0.29, 0.717) is 6.04 Å². The van der Waals surface area contributed by atoms with Gasteiger partial charge in [-0.2, -0.15) is 0 Å². The van der Waals surface area contributed by atoms with Gasteiger partial charge >= 0.3 is 0 Å². The Balaban J connectivity index is 1.47. The minimum atomic E-state index is 0.618. The van der Waals surface area contributed by atoms with Crippen LogP contribution in [-0.4, -0.2) is 6.54 Å². The van der Waals surface area contributed by atoms with E-state index in [1.807, 2.05) is 0 Å². The summed E-state index contributed by atoms with van der Waals surface area (Å²) in [5, 5.41) is 3.82. The van der Waals surface area contributed by atoms with E-state index >= 15 is 0 Å². The quantitative estimate of drug-likeness (QED) is 0.830. The lowest BCUT2D eigenvalue weighted by Gasteiger charge is -2.26. The first-order valence-electron chi connectivity index (χ1n) is 8.55. The Hall–Kier alpha value is -0.820. The molecule has 1 heteroatoms. The molecule has 1 aromatic rings. The number of aryl methyl sites for hydroxylation is 2. The molecule has 20 heavy (non-hydrogen) atoms. The molecule has 1 nitrogen and oxygen atoms in total. The summed E-state index contributed by atoms with van der Waals surface area (Å²) in [6.07, 6.45) is 9.76. The van der Waals surface area contributed by atoms with E-state index < -0.39 is 0 Å². The molecule has 3 rings (SSSR count). The van der Waals surface area contributed by atoms with Gasteiger partial charge in [0.1, 0.15) is 0 Å². The first-order valence-corrected chi connectivity index (χ1v) is 8.55. The van der Waals surface area contributed by atoms with Crippen molar-refractivity contribution in [3.63, 3.8) is 0 Å². The topological polar surface area (TPSA) is 12.0 Å². The molecule has 0 heterocycles. The molecule has 2 aliphatic carbocycles. The maximum atomic E-state index is 3.82. The average molecular weight is 271 g/mol. The zero-order chi connectivity index (χ0) is 13.9. The summed E-state index contributed by atoms with van der Waals surface area (Å²) < 4.78 is 0. The molecule has 1 atom stereocenters. The Bertz CT molecular complexity index is 443. The van der Waals surface area contributed by atoms with E-state index in [4.69, 9.17) is 0 Å². The lowest BCUT2D eigenvalue weighted by molar-refractivity contribution is 0.272. The average Bonchev–Trinajstić information content (AvgIpc) is 2.84. The Morgan fingerprint density at radius 3 is 2.70 bits per heavy atom. The van der Waals surface area contributed by atoms with Crippen molar-refractivity contribution in [3.8, 4) is 0 Å². The van der Waals surface area contributed by atoms with Crippen molar-refractivity contribution in [1.29, 1.82) is 0 Å². The molecule has 1 fully saturated rings. The molecule has 0 aliphatic heterocycles. The highest BCUT2D eigenvalue weighted by Crippen LogP contribution is 2.33. The maximum Gasteiger partial charge on any atom is 0.0326 e. The van der Waals surface area contributed by atoms with Crippen molar-refractivity contribution >= 4 is 0 Å². The molecule has 110 valence electrons. The molecule has 1 saturated carbocycles. The summed E-state index contributed by atoms with van der Waals surface area (Å²) in [4.78, 5) is 0. The smallest absolute Gasteiger partial charge is 0.0326 e. The standard InChI is InChI=1S/C19H29N/c1-14-3-6-16(7-4-14)11-12-20-19-10-9-17-8-5-15(2)13-18(17)19/h5,8,13-14,16,19-20H,3-4,6-7,9-12H2,1-2H3. The van der Waals surface area contributed by atoms with Gasteiger partial charge in [-0.15, -0.1) is 0 Å². The van der Waals surface area contributed by atoms with Crippen molar-refractivity contribution in [2.24, 2.45) is 11.8 Å². The lowest BCUT2D eigenvalue weighted by atomic mass is 9.81. The summed E-state index contributed by atoms with van der Waals surface area (Å²) in [5.74, 6) is 1.96. The highest BCUT2D eigenvalue weighted by Gasteiger charge is 2.23. The van der Waals surface area contributed by atoms with Crippen LogP contribution in [0, 0.1) is 18.8 Å². The van der Waals surface area contributed by atoms with Crippen LogP contribution < -0.4 is 5.32 Å². The molecule has 1 aromatic carbocycles. The van der Waals surface area contributed by atoms with Crippen molar-refractivity contribution < 1.29 is 0 Å². The second-order valence-electron chi connectivity index (χ2n) is 7.16. The lowest BCUT2D eigenvalue weighted by Crippen LogP contribution is -2.24. The Morgan fingerprint density at radius 2 is 1.90 bits per heavy atom. The van der Waals surface area contributed by atoms with E-state index in [9.17, 15) is 0 Å². The predicted octanol–water partition coefficient (Wildman–Crippen LogP) is 4.79. The molecule has 0 radical (unpaired) electrons. The Kier molecular flexibility index (Phi) is 4.45. The van der Waals surface area contributed by atoms with E-state index in [2.05, 4.69) is 37.4 Å². The van der Waals surface area contributed by atoms with Gasteiger partial charge in [0, 0.05) is 6.04 Å². The van der Waals surface area contributed by atoms with E-state index in [-0.39, 0.29) is 0 Å². The number of benzene rings is 1. The molecule has 1 N–H and O–H groups in total. The highest BCUT2D eigenvalue weighted by molar-refractivity contribution is 5.37. The minimum absolute atomic E-state index is 0.618. The largest absolute Gasteiger partial charge is 0.310 e. The number of nitrogens with one attached hydrogen (secondary N) is 1. The molecule has 0 bridgehead atoms. The van der Waals surface area contributed by atoms with Gasteiger partial charge in [0.05, 0.1) is 0 Å². The van der Waals surface area contributed by atoms with Gasteiger partial charge in [-0.05, 0) is 55.7 Å². The molecule has 1 unspecified atom stereocenters. The van der Waals surface area contributed by atoms with Gasteiger partial charge in [0.2, 0.25) is 0 Å². The molecular weight excluding hydrogens is 242 g/mol. The van der Waals surface area contributed by atoms with Crippen molar-refractivity contribution in [1.82, 2.24) is 5.32 Å². The van der Waals surface area contributed by atoms with Gasteiger partial charge in [0.25, 0.3) is 0 Å². The third-order valence-electron chi connectivity index (χ3n) is 5.46. The van der Waals surface area contributed by atoms with E-state index in [1.165, 1.54) is 57.1 Å². The third-order valence-corrected chi connectivity index (χ3v) is 5.46. The van der Waals surface area contributed by atoms with Crippen LogP contribution in [0.2, 0.25) is 0 Å². The van der Waals surface area contributed by atoms with Crippen LogP contribution in [0.25, 0.3) is 0 Å². The minimum Gasteiger partial charge on any atom is -0.310 e. The fraction of sp³-hybridized carbons (Fsp3) is 0.684. The van der Waals surface area contributed by atoms with E-state index in [1.54, 1.807) is 11.1 Å². The van der Waals surface area contributed by atoms with Crippen molar-refractivity contribution in [2.45, 2.75) is 64.8 Å². The summed E-state index contributed by atoms with van der Waals surface area (Å²) in [7, 11) is 0. The van der Waals surface area contributed by atoms with Gasteiger partial charge in [-0.1, -0.05) is 56.4 Å². The van der Waals surface area contributed by atoms with Crippen molar-refractivity contribution in [2.75, 3.05) is 6.54 Å². The fourth-order valence-corrected chi connectivity index (χ4v) is 4.01. The summed E-state index contributed by atoms with van der Waals surface area (Å²) in [6, 6.07) is 7.59. The molecule has 0 aromatic heterocycles. The normalized spacial score (nSPS) is 29.4. The van der Waals surface area contributed by atoms with Crippen LogP contribution in [0.15, 0.2) is 18.2 Å². The van der Waals surface area contributed by atoms with Crippen molar-refractivity contribution in [3.05, 3.63) is 34.9 Å². The van der Waals surface area contributed by atoms with Crippen LogP contribution in [-0.2, 0) is 6.42 Å². The van der Waals surface area contributed by atoms with Crippen LogP contribution in [0.3, 0.4) is 0 Å². The number of hydrogen-bond donors (Lipinski definition) is 1. The molecule has 0 saturated heterocycles. The number of rotatable bonds is 4. The third kappa shape index (κ3) is 3.25. The maximum absolute atomic E-state index is 3.82. The van der Waals surface area contributed by atoms with E-state index in [0.717, 1.165) is 11.8 Å². The SMILES string of the molecule is Cc1ccc2c(c1)C(NCCC1CCC(C)CC1)CC2. The molecule has 0 spiro atoms. The molecule has 2 aliphatic rings. The Labute approximate surface area is 124 Å². The highest BCUT2D eigenvalue weighted by atomic mass is 14.9. The Morgan fingerprint density at radius 1 is 1.10 bits per heavy atom. The number of hydrogen-bond acceptors (Lipinski definition) is 1. The zero-order valence-electron chi connectivity index (χ0n) is 13.1. The van der Waals surface area contributed by atoms with Crippen LogP contribution in [0.4, 0.5) is 0 Å². The predicted molar refractivity (Wildman–Crippen MR) is 86.0 cm³/mol. The summed E-state index contributed by atoms with van der Waals surface area (Å²) in [5.41, 5.74) is 4.54. The van der Waals surface area contributed by atoms with Gasteiger partial charge < -0.3 is 5.32 Å². The fourth-order valence-electron chi connectivity index (χ4n) is 4.01. The second-order valence-corrected chi connectivity index (χ2v) is 7.16. The van der Waals surface area contributed by atoms with Gasteiger partial charge in [-0.25, -0.2) is 0 Å². The van der Waals surface area contributed by atoms with Gasteiger partial charge in [-0.3, -0.25) is 0 Å². The number of fused-ring (bicyclic) bond motifs is 1. The van der Waals surface area contributed by atoms with Crippen LogP contribution in [0.1, 0.15) is 68.2 Å². The molecular formula is C19H29N. The summed E-state index contributed by atoms with van der Waals surface area (Å²) in [6.45, 7) is 5.82. The monoisotopic (exact) mass is 271 g/mol. The first-order chi connectivity index (χ1) is 9.72. The van der Waals surface area contributed by atoms with Gasteiger partial charge in [0.15, 0.2) is 0 Å².